The lowest BCUT2D eigenvalue weighted by Gasteiger charge is -2.15. The number of benzene rings is 1. The molecule has 0 aromatic heterocycles. The molecule has 0 aliphatic carbocycles. The van der Waals surface area contributed by atoms with Crippen molar-refractivity contribution in [2.45, 2.75) is 63.5 Å². The fourth-order valence-electron chi connectivity index (χ4n) is 2.84. The van der Waals surface area contributed by atoms with Gasteiger partial charge in [0.05, 0.1) is 11.0 Å². The summed E-state index contributed by atoms with van der Waals surface area (Å²) in [5.41, 5.74) is 0.458. The molecule has 0 saturated carbocycles. The van der Waals surface area contributed by atoms with Gasteiger partial charge in [0.15, 0.2) is 0 Å². The minimum absolute atomic E-state index is 0.0536. The SMILES string of the molecule is CC(C)CCC(C)NC(=O)c1ccc(S(=O)(=O)NCC2CCCO2)cc1. The van der Waals surface area contributed by atoms with E-state index >= 15 is 0 Å². The van der Waals surface area contributed by atoms with Gasteiger partial charge >= 0.3 is 0 Å². The Morgan fingerprint density at radius 1 is 1.19 bits per heavy atom. The minimum Gasteiger partial charge on any atom is -0.377 e. The molecule has 146 valence electrons. The number of hydrogen-bond acceptors (Lipinski definition) is 4. The van der Waals surface area contributed by atoms with Crippen molar-refractivity contribution in [1.29, 1.82) is 0 Å². The number of rotatable bonds is 9. The van der Waals surface area contributed by atoms with Crippen LogP contribution in [0.1, 0.15) is 56.8 Å². The summed E-state index contributed by atoms with van der Waals surface area (Å²) in [7, 11) is -3.59. The molecule has 2 atom stereocenters. The summed E-state index contributed by atoms with van der Waals surface area (Å²) in [5, 5.41) is 2.95. The van der Waals surface area contributed by atoms with Crippen LogP contribution in [0.25, 0.3) is 0 Å². The van der Waals surface area contributed by atoms with E-state index < -0.39 is 10.0 Å². The summed E-state index contributed by atoms with van der Waals surface area (Å²) in [4.78, 5) is 12.4. The second-order valence-electron chi connectivity index (χ2n) is 7.36. The van der Waals surface area contributed by atoms with Gasteiger partial charge in [0.1, 0.15) is 0 Å². The topological polar surface area (TPSA) is 84.5 Å². The Hall–Kier alpha value is -1.44. The molecule has 1 aromatic rings. The van der Waals surface area contributed by atoms with Crippen molar-refractivity contribution >= 4 is 15.9 Å². The molecule has 1 saturated heterocycles. The van der Waals surface area contributed by atoms with Crippen LogP contribution in [0.3, 0.4) is 0 Å². The van der Waals surface area contributed by atoms with Gasteiger partial charge in [-0.25, -0.2) is 13.1 Å². The standard InChI is InChI=1S/C19H30N2O4S/c1-14(2)6-7-15(3)21-19(22)16-8-10-18(11-9-16)26(23,24)20-13-17-5-4-12-25-17/h8-11,14-15,17,20H,4-7,12-13H2,1-3H3,(H,21,22). The van der Waals surface area contributed by atoms with Gasteiger partial charge in [-0.05, 0) is 62.8 Å². The fourth-order valence-corrected chi connectivity index (χ4v) is 3.91. The summed E-state index contributed by atoms with van der Waals surface area (Å²) in [6.45, 7) is 7.25. The lowest BCUT2D eigenvalue weighted by molar-refractivity contribution is 0.0937. The molecule has 0 radical (unpaired) electrons. The van der Waals surface area contributed by atoms with Crippen LogP contribution in [-0.2, 0) is 14.8 Å². The van der Waals surface area contributed by atoms with E-state index in [1.54, 1.807) is 12.1 Å². The average Bonchev–Trinajstić information content (AvgIpc) is 3.12. The van der Waals surface area contributed by atoms with Crippen molar-refractivity contribution in [3.63, 3.8) is 0 Å². The average molecular weight is 383 g/mol. The molecule has 1 aliphatic heterocycles. The Labute approximate surface area is 156 Å². The van der Waals surface area contributed by atoms with Crippen LogP contribution in [0.5, 0.6) is 0 Å². The van der Waals surface area contributed by atoms with Crippen LogP contribution in [0.2, 0.25) is 0 Å². The first-order valence-corrected chi connectivity index (χ1v) is 10.8. The third-order valence-electron chi connectivity index (χ3n) is 4.51. The predicted molar refractivity (Wildman–Crippen MR) is 102 cm³/mol. The van der Waals surface area contributed by atoms with E-state index in [1.807, 2.05) is 6.92 Å². The highest BCUT2D eigenvalue weighted by Gasteiger charge is 2.20. The zero-order chi connectivity index (χ0) is 19.2. The van der Waals surface area contributed by atoms with E-state index in [2.05, 4.69) is 23.9 Å². The molecule has 26 heavy (non-hydrogen) atoms. The largest absolute Gasteiger partial charge is 0.377 e. The van der Waals surface area contributed by atoms with E-state index in [0.29, 0.717) is 18.1 Å². The third kappa shape index (κ3) is 6.37. The summed E-state index contributed by atoms with van der Waals surface area (Å²) < 4.78 is 32.7. The number of nitrogens with one attached hydrogen (secondary N) is 2. The summed E-state index contributed by atoms with van der Waals surface area (Å²) in [6, 6.07) is 6.11. The fraction of sp³-hybridized carbons (Fsp3) is 0.632. The Balaban J connectivity index is 1.90. The van der Waals surface area contributed by atoms with E-state index in [1.165, 1.54) is 12.1 Å². The second-order valence-corrected chi connectivity index (χ2v) is 9.12. The predicted octanol–water partition coefficient (Wildman–Crippen LogP) is 2.70. The summed E-state index contributed by atoms with van der Waals surface area (Å²) in [6.07, 6.45) is 3.75. The van der Waals surface area contributed by atoms with Crippen molar-refractivity contribution in [3.8, 4) is 0 Å². The van der Waals surface area contributed by atoms with Crippen molar-refractivity contribution < 1.29 is 17.9 Å². The lowest BCUT2D eigenvalue weighted by atomic mass is 10.0. The normalized spacial score (nSPS) is 18.8. The van der Waals surface area contributed by atoms with Gasteiger partial charge < -0.3 is 10.1 Å². The molecule has 1 aromatic carbocycles. The molecule has 1 aliphatic rings. The molecule has 0 bridgehead atoms. The second kappa shape index (κ2) is 9.48. The number of carbonyl (C=O) groups is 1. The van der Waals surface area contributed by atoms with Gasteiger partial charge in [-0.3, -0.25) is 4.79 Å². The van der Waals surface area contributed by atoms with Gasteiger partial charge in [-0.1, -0.05) is 13.8 Å². The number of hydrogen-bond donors (Lipinski definition) is 2. The molecule has 2 N–H and O–H groups in total. The molecule has 6 nitrogen and oxygen atoms in total. The van der Waals surface area contributed by atoms with Crippen LogP contribution in [0.4, 0.5) is 0 Å². The quantitative estimate of drug-likeness (QED) is 0.688. The number of ether oxygens (including phenoxy) is 1. The smallest absolute Gasteiger partial charge is 0.251 e. The highest BCUT2D eigenvalue weighted by molar-refractivity contribution is 7.89. The highest BCUT2D eigenvalue weighted by atomic mass is 32.2. The van der Waals surface area contributed by atoms with E-state index in [-0.39, 0.29) is 29.5 Å². The van der Waals surface area contributed by atoms with Gasteiger partial charge in [0, 0.05) is 24.8 Å². The maximum absolute atomic E-state index is 12.3. The van der Waals surface area contributed by atoms with Crippen molar-refractivity contribution in [1.82, 2.24) is 10.0 Å². The minimum atomic E-state index is -3.59. The van der Waals surface area contributed by atoms with Gasteiger partial charge in [-0.2, -0.15) is 0 Å². The van der Waals surface area contributed by atoms with Crippen LogP contribution in [0, 0.1) is 5.92 Å². The Morgan fingerprint density at radius 2 is 1.88 bits per heavy atom. The highest BCUT2D eigenvalue weighted by Crippen LogP contribution is 2.14. The van der Waals surface area contributed by atoms with Crippen LogP contribution in [-0.4, -0.2) is 39.6 Å². The number of amides is 1. The zero-order valence-electron chi connectivity index (χ0n) is 15.8. The molecule has 0 spiro atoms. The summed E-state index contributed by atoms with van der Waals surface area (Å²) >= 11 is 0. The van der Waals surface area contributed by atoms with Gasteiger partial charge in [-0.15, -0.1) is 0 Å². The molecule has 2 unspecified atom stereocenters. The lowest BCUT2D eigenvalue weighted by Crippen LogP contribution is -2.33. The van der Waals surface area contributed by atoms with Crippen molar-refractivity contribution in [2.24, 2.45) is 5.92 Å². The first-order chi connectivity index (χ1) is 12.3. The number of sulfonamides is 1. The molecular formula is C19H30N2O4S. The Kier molecular flexibility index (Phi) is 7.61. The van der Waals surface area contributed by atoms with E-state index in [0.717, 1.165) is 25.7 Å². The summed E-state index contributed by atoms with van der Waals surface area (Å²) in [5.74, 6) is 0.415. The van der Waals surface area contributed by atoms with E-state index in [9.17, 15) is 13.2 Å². The van der Waals surface area contributed by atoms with Crippen molar-refractivity contribution in [2.75, 3.05) is 13.2 Å². The first kappa shape index (κ1) is 20.9. The third-order valence-corrected chi connectivity index (χ3v) is 5.95. The molecule has 2 rings (SSSR count). The van der Waals surface area contributed by atoms with Gasteiger partial charge in [0.2, 0.25) is 10.0 Å². The molecular weight excluding hydrogens is 352 g/mol. The van der Waals surface area contributed by atoms with E-state index in [4.69, 9.17) is 4.74 Å². The maximum Gasteiger partial charge on any atom is 0.251 e. The molecule has 1 heterocycles. The first-order valence-electron chi connectivity index (χ1n) is 9.30. The number of carbonyl (C=O) groups excluding carboxylic acids is 1. The molecule has 7 heteroatoms. The Bertz CT molecular complexity index is 680. The monoisotopic (exact) mass is 382 g/mol. The van der Waals surface area contributed by atoms with Crippen molar-refractivity contribution in [3.05, 3.63) is 29.8 Å². The Morgan fingerprint density at radius 3 is 2.46 bits per heavy atom. The maximum atomic E-state index is 12.3. The molecule has 1 amide bonds. The van der Waals surface area contributed by atoms with Crippen LogP contribution >= 0.6 is 0 Å². The van der Waals surface area contributed by atoms with Crippen LogP contribution < -0.4 is 10.0 Å². The van der Waals surface area contributed by atoms with Crippen LogP contribution in [0.15, 0.2) is 29.2 Å². The molecule has 1 fully saturated rings. The zero-order valence-corrected chi connectivity index (χ0v) is 16.6. The van der Waals surface area contributed by atoms with Gasteiger partial charge in [0.25, 0.3) is 5.91 Å².